The van der Waals surface area contributed by atoms with E-state index in [1.54, 1.807) is 6.92 Å². The summed E-state index contributed by atoms with van der Waals surface area (Å²) in [6.07, 6.45) is 1.23. The van der Waals surface area contributed by atoms with E-state index in [4.69, 9.17) is 0 Å². The topological polar surface area (TPSA) is 70.7 Å². The van der Waals surface area contributed by atoms with Crippen molar-refractivity contribution in [3.63, 3.8) is 0 Å². The molecule has 0 saturated heterocycles. The van der Waals surface area contributed by atoms with Crippen LogP contribution in [0.5, 0.6) is 0 Å². The fraction of sp³-hybridized carbons (Fsp3) is 0.571. The minimum absolute atomic E-state index is 0.0725. The van der Waals surface area contributed by atoms with Crippen LogP contribution >= 0.6 is 0 Å². The van der Waals surface area contributed by atoms with Crippen LogP contribution in [0.3, 0.4) is 0 Å². The van der Waals surface area contributed by atoms with Gasteiger partial charge in [-0.3, -0.25) is 15.2 Å². The highest BCUT2D eigenvalue weighted by atomic mass is 16.1. The lowest BCUT2D eigenvalue weighted by molar-refractivity contribution is -0.115. The van der Waals surface area contributed by atoms with Gasteiger partial charge in [0.15, 0.2) is 0 Å². The van der Waals surface area contributed by atoms with Crippen LogP contribution < -0.4 is 5.32 Å². The van der Waals surface area contributed by atoms with E-state index in [2.05, 4.69) is 20.5 Å². The minimum atomic E-state index is -0.0725. The second kappa shape index (κ2) is 3.85. The molecule has 0 aromatic carbocycles. The molecule has 0 aliphatic rings. The fourth-order valence-corrected chi connectivity index (χ4v) is 0.722. The average molecular weight is 168 g/mol. The lowest BCUT2D eigenvalue weighted by Crippen LogP contribution is -2.10. The summed E-state index contributed by atoms with van der Waals surface area (Å²) in [5, 5.41) is 9.07. The van der Waals surface area contributed by atoms with Gasteiger partial charge in [0.2, 0.25) is 11.9 Å². The number of aryl methyl sites for hydroxylation is 1. The fourth-order valence-electron chi connectivity index (χ4n) is 0.722. The highest BCUT2D eigenvalue weighted by molar-refractivity contribution is 5.88. The summed E-state index contributed by atoms with van der Waals surface area (Å²) in [5.74, 6) is 1.07. The molecule has 0 spiro atoms. The van der Waals surface area contributed by atoms with Gasteiger partial charge < -0.3 is 0 Å². The van der Waals surface area contributed by atoms with E-state index in [0.717, 1.165) is 12.2 Å². The predicted octanol–water partition coefficient (Wildman–Crippen LogP) is 0.716. The zero-order valence-corrected chi connectivity index (χ0v) is 7.22. The standard InChI is InChI=1S/C7H12N4O/c1-3-5-8-7(11-10-5)9-6(12)4-2/h3-4H2,1-2H3,(H2,8,9,10,11,12). The summed E-state index contributed by atoms with van der Waals surface area (Å²) >= 11 is 0. The van der Waals surface area contributed by atoms with Gasteiger partial charge in [0, 0.05) is 12.8 Å². The maximum Gasteiger partial charge on any atom is 0.248 e. The summed E-state index contributed by atoms with van der Waals surface area (Å²) in [4.78, 5) is 14.9. The number of amides is 1. The van der Waals surface area contributed by atoms with Crippen molar-refractivity contribution in [1.82, 2.24) is 15.2 Å². The monoisotopic (exact) mass is 168 g/mol. The molecule has 5 heteroatoms. The van der Waals surface area contributed by atoms with Crippen LogP contribution in [0.25, 0.3) is 0 Å². The molecule has 0 atom stereocenters. The van der Waals surface area contributed by atoms with Gasteiger partial charge in [0.25, 0.3) is 0 Å². The van der Waals surface area contributed by atoms with Crippen LogP contribution in [-0.2, 0) is 11.2 Å². The molecule has 0 aliphatic heterocycles. The van der Waals surface area contributed by atoms with Crippen molar-refractivity contribution in [3.8, 4) is 0 Å². The Kier molecular flexibility index (Phi) is 2.79. The number of rotatable bonds is 3. The summed E-state index contributed by atoms with van der Waals surface area (Å²) in [7, 11) is 0. The number of hydrogen-bond donors (Lipinski definition) is 2. The van der Waals surface area contributed by atoms with Crippen LogP contribution in [0.1, 0.15) is 26.1 Å². The first-order chi connectivity index (χ1) is 5.76. The van der Waals surface area contributed by atoms with Crippen molar-refractivity contribution >= 4 is 11.9 Å². The molecule has 0 bridgehead atoms. The van der Waals surface area contributed by atoms with E-state index in [0.29, 0.717) is 12.4 Å². The van der Waals surface area contributed by atoms with E-state index < -0.39 is 0 Å². The van der Waals surface area contributed by atoms with E-state index in [-0.39, 0.29) is 5.91 Å². The Hall–Kier alpha value is -1.39. The maximum absolute atomic E-state index is 10.9. The van der Waals surface area contributed by atoms with Crippen LogP contribution in [0.15, 0.2) is 0 Å². The van der Waals surface area contributed by atoms with Crippen molar-refractivity contribution in [1.29, 1.82) is 0 Å². The van der Waals surface area contributed by atoms with Crippen molar-refractivity contribution in [3.05, 3.63) is 5.82 Å². The Bertz CT molecular complexity index is 268. The number of anilines is 1. The zero-order chi connectivity index (χ0) is 8.97. The molecule has 0 aliphatic carbocycles. The average Bonchev–Trinajstić information content (AvgIpc) is 2.52. The van der Waals surface area contributed by atoms with E-state index in [1.807, 2.05) is 6.92 Å². The zero-order valence-electron chi connectivity index (χ0n) is 7.22. The Balaban J connectivity index is 2.58. The van der Waals surface area contributed by atoms with Gasteiger partial charge >= 0.3 is 0 Å². The number of nitrogens with one attached hydrogen (secondary N) is 2. The molecule has 1 heterocycles. The van der Waals surface area contributed by atoms with Crippen molar-refractivity contribution in [2.24, 2.45) is 0 Å². The van der Waals surface area contributed by atoms with Gasteiger partial charge in [-0.15, -0.1) is 5.10 Å². The number of carbonyl (C=O) groups excluding carboxylic acids is 1. The summed E-state index contributed by atoms with van der Waals surface area (Å²) in [6, 6.07) is 0. The third-order valence-corrected chi connectivity index (χ3v) is 1.44. The molecule has 1 aromatic heterocycles. The highest BCUT2D eigenvalue weighted by Gasteiger charge is 2.03. The Morgan fingerprint density at radius 3 is 2.83 bits per heavy atom. The normalized spacial score (nSPS) is 9.83. The molecule has 12 heavy (non-hydrogen) atoms. The van der Waals surface area contributed by atoms with Gasteiger partial charge in [-0.25, -0.2) is 0 Å². The Morgan fingerprint density at radius 1 is 1.58 bits per heavy atom. The molecular weight excluding hydrogens is 156 g/mol. The quantitative estimate of drug-likeness (QED) is 0.698. The second-order valence-electron chi connectivity index (χ2n) is 2.36. The Morgan fingerprint density at radius 2 is 2.33 bits per heavy atom. The SMILES string of the molecule is CCC(=O)Nc1n[nH]c(CC)n1. The highest BCUT2D eigenvalue weighted by Crippen LogP contribution is 1.98. The molecule has 66 valence electrons. The number of aromatic nitrogens is 3. The first-order valence-corrected chi connectivity index (χ1v) is 3.97. The van der Waals surface area contributed by atoms with Gasteiger partial charge in [-0.1, -0.05) is 13.8 Å². The summed E-state index contributed by atoms with van der Waals surface area (Å²) < 4.78 is 0. The first kappa shape index (κ1) is 8.70. The van der Waals surface area contributed by atoms with Gasteiger partial charge in [-0.2, -0.15) is 4.98 Å². The molecule has 1 rings (SSSR count). The van der Waals surface area contributed by atoms with Crippen molar-refractivity contribution < 1.29 is 4.79 Å². The van der Waals surface area contributed by atoms with Crippen LogP contribution in [0, 0.1) is 0 Å². The third kappa shape index (κ3) is 2.05. The second-order valence-corrected chi connectivity index (χ2v) is 2.36. The van der Waals surface area contributed by atoms with Crippen molar-refractivity contribution in [2.45, 2.75) is 26.7 Å². The summed E-state index contributed by atoms with van der Waals surface area (Å²) in [5.41, 5.74) is 0. The van der Waals surface area contributed by atoms with Gasteiger partial charge in [0.1, 0.15) is 5.82 Å². The van der Waals surface area contributed by atoms with E-state index in [9.17, 15) is 4.79 Å². The molecule has 0 fully saturated rings. The molecule has 5 nitrogen and oxygen atoms in total. The molecular formula is C7H12N4O. The summed E-state index contributed by atoms with van der Waals surface area (Å²) in [6.45, 7) is 3.74. The third-order valence-electron chi connectivity index (χ3n) is 1.44. The van der Waals surface area contributed by atoms with Gasteiger partial charge in [0.05, 0.1) is 0 Å². The number of H-pyrrole nitrogens is 1. The first-order valence-electron chi connectivity index (χ1n) is 3.97. The van der Waals surface area contributed by atoms with Crippen molar-refractivity contribution in [2.75, 3.05) is 5.32 Å². The van der Waals surface area contributed by atoms with Gasteiger partial charge in [-0.05, 0) is 0 Å². The van der Waals surface area contributed by atoms with Crippen LogP contribution in [-0.4, -0.2) is 21.1 Å². The van der Waals surface area contributed by atoms with E-state index >= 15 is 0 Å². The predicted molar refractivity (Wildman–Crippen MR) is 44.7 cm³/mol. The smallest absolute Gasteiger partial charge is 0.248 e. The lowest BCUT2D eigenvalue weighted by atomic mass is 10.4. The largest absolute Gasteiger partial charge is 0.293 e. The maximum atomic E-state index is 10.9. The lowest BCUT2D eigenvalue weighted by Gasteiger charge is -1.94. The van der Waals surface area contributed by atoms with Crippen LogP contribution in [0.4, 0.5) is 5.95 Å². The molecule has 1 aromatic rings. The number of hydrogen-bond acceptors (Lipinski definition) is 3. The Labute approximate surface area is 70.6 Å². The molecule has 2 N–H and O–H groups in total. The number of carbonyl (C=O) groups is 1. The molecule has 0 unspecified atom stereocenters. The van der Waals surface area contributed by atoms with Crippen LogP contribution in [0.2, 0.25) is 0 Å². The molecule has 0 saturated carbocycles. The number of nitrogens with zero attached hydrogens (tertiary/aromatic N) is 2. The molecule has 0 radical (unpaired) electrons. The minimum Gasteiger partial charge on any atom is -0.293 e. The van der Waals surface area contributed by atoms with E-state index in [1.165, 1.54) is 0 Å². The molecule has 1 amide bonds. The number of aromatic amines is 1.